The predicted molar refractivity (Wildman–Crippen MR) is 115 cm³/mol. The molecular formula is C23H31NO4S. The molecule has 6 heteroatoms. The summed E-state index contributed by atoms with van der Waals surface area (Å²) in [6.45, 7) is 10.5. The second-order valence-electron chi connectivity index (χ2n) is 8.59. The lowest BCUT2D eigenvalue weighted by molar-refractivity contribution is -0.146. The van der Waals surface area contributed by atoms with Crippen LogP contribution in [0.3, 0.4) is 0 Å². The molecule has 2 aromatic carbocycles. The van der Waals surface area contributed by atoms with Gasteiger partial charge in [0.2, 0.25) is 10.0 Å². The van der Waals surface area contributed by atoms with Gasteiger partial charge >= 0.3 is 5.97 Å². The first-order valence-electron chi connectivity index (χ1n) is 9.85. The topological polar surface area (TPSA) is 72.5 Å². The summed E-state index contributed by atoms with van der Waals surface area (Å²) in [5.41, 5.74) is 1.49. The Hall–Kier alpha value is -2.18. The number of carbonyl (C=O) groups excluding carboxylic acids is 1. The fourth-order valence-corrected chi connectivity index (χ4v) is 3.91. The lowest BCUT2D eigenvalue weighted by atomic mass is 9.87. The van der Waals surface area contributed by atoms with Gasteiger partial charge in [-0.3, -0.25) is 0 Å². The highest BCUT2D eigenvalue weighted by Crippen LogP contribution is 2.24. The van der Waals surface area contributed by atoms with E-state index in [1.54, 1.807) is 48.5 Å². The van der Waals surface area contributed by atoms with Gasteiger partial charge in [-0.2, -0.15) is 4.72 Å². The van der Waals surface area contributed by atoms with Crippen molar-refractivity contribution in [1.82, 2.24) is 4.72 Å². The van der Waals surface area contributed by atoms with Gasteiger partial charge in [0.1, 0.15) is 6.04 Å². The number of rotatable bonds is 8. The first-order chi connectivity index (χ1) is 13.5. The Balaban J connectivity index is 2.26. The van der Waals surface area contributed by atoms with Crippen molar-refractivity contribution in [3.8, 4) is 0 Å². The van der Waals surface area contributed by atoms with Gasteiger partial charge in [-0.05, 0) is 41.0 Å². The van der Waals surface area contributed by atoms with Crippen LogP contribution in [-0.2, 0) is 25.0 Å². The molecule has 0 aliphatic carbocycles. The van der Waals surface area contributed by atoms with E-state index in [1.165, 1.54) is 0 Å². The molecule has 0 heterocycles. The highest BCUT2D eigenvalue weighted by molar-refractivity contribution is 7.89. The highest BCUT2D eigenvalue weighted by Gasteiger charge is 2.29. The van der Waals surface area contributed by atoms with Crippen LogP contribution < -0.4 is 4.72 Å². The molecule has 0 bridgehead atoms. The Kier molecular flexibility index (Phi) is 7.60. The SMILES string of the molecule is CC(C)CCOC(=O)[C@H](NS(=O)(=O)c1ccc(C(C)(C)C)cc1)c1ccccc1. The van der Waals surface area contributed by atoms with Gasteiger partial charge in [0.05, 0.1) is 11.5 Å². The van der Waals surface area contributed by atoms with E-state index >= 15 is 0 Å². The van der Waals surface area contributed by atoms with Crippen LogP contribution in [0.25, 0.3) is 0 Å². The average Bonchev–Trinajstić information content (AvgIpc) is 2.66. The third-order valence-electron chi connectivity index (χ3n) is 4.61. The van der Waals surface area contributed by atoms with E-state index < -0.39 is 22.0 Å². The summed E-state index contributed by atoms with van der Waals surface area (Å²) >= 11 is 0. The van der Waals surface area contributed by atoms with Crippen molar-refractivity contribution in [3.63, 3.8) is 0 Å². The van der Waals surface area contributed by atoms with Gasteiger partial charge in [0, 0.05) is 0 Å². The number of hydrogen-bond donors (Lipinski definition) is 1. The molecular weight excluding hydrogens is 386 g/mol. The zero-order valence-corrected chi connectivity index (χ0v) is 18.6. The average molecular weight is 418 g/mol. The van der Waals surface area contributed by atoms with Gasteiger partial charge in [0.15, 0.2) is 0 Å². The normalized spacial score (nSPS) is 13.3. The second-order valence-corrected chi connectivity index (χ2v) is 10.3. The van der Waals surface area contributed by atoms with E-state index in [0.29, 0.717) is 17.9 Å². The lowest BCUT2D eigenvalue weighted by Crippen LogP contribution is -2.35. The smallest absolute Gasteiger partial charge is 0.328 e. The molecule has 1 N–H and O–H groups in total. The number of carbonyl (C=O) groups is 1. The minimum Gasteiger partial charge on any atom is -0.464 e. The summed E-state index contributed by atoms with van der Waals surface area (Å²) in [6.07, 6.45) is 0.717. The van der Waals surface area contributed by atoms with Crippen molar-refractivity contribution in [1.29, 1.82) is 0 Å². The molecule has 0 radical (unpaired) electrons. The molecule has 29 heavy (non-hydrogen) atoms. The summed E-state index contributed by atoms with van der Waals surface area (Å²) < 4.78 is 33.8. The molecule has 0 saturated carbocycles. The van der Waals surface area contributed by atoms with Crippen molar-refractivity contribution in [2.24, 2.45) is 5.92 Å². The van der Waals surface area contributed by atoms with Crippen LogP contribution in [0, 0.1) is 5.92 Å². The summed E-state index contributed by atoms with van der Waals surface area (Å²) in [5.74, 6) is -0.220. The summed E-state index contributed by atoms with van der Waals surface area (Å²) in [7, 11) is -3.91. The van der Waals surface area contributed by atoms with E-state index in [1.807, 2.05) is 19.9 Å². The van der Waals surface area contributed by atoms with Gasteiger partial charge in [-0.1, -0.05) is 77.1 Å². The second kappa shape index (κ2) is 9.55. The van der Waals surface area contributed by atoms with Gasteiger partial charge < -0.3 is 4.74 Å². The predicted octanol–water partition coefficient (Wildman–Crippen LogP) is 4.59. The number of hydrogen-bond acceptors (Lipinski definition) is 4. The number of benzene rings is 2. The van der Waals surface area contributed by atoms with Crippen LogP contribution in [0.15, 0.2) is 59.5 Å². The molecule has 0 aliphatic rings. The van der Waals surface area contributed by atoms with Gasteiger partial charge in [0.25, 0.3) is 0 Å². The van der Waals surface area contributed by atoms with E-state index in [9.17, 15) is 13.2 Å². The van der Waals surface area contributed by atoms with Crippen LogP contribution >= 0.6 is 0 Å². The molecule has 0 spiro atoms. The van der Waals surface area contributed by atoms with Crippen LogP contribution in [0.5, 0.6) is 0 Å². The summed E-state index contributed by atoms with van der Waals surface area (Å²) in [5, 5.41) is 0. The molecule has 158 valence electrons. The minimum atomic E-state index is -3.91. The van der Waals surface area contributed by atoms with Crippen LogP contribution in [-0.4, -0.2) is 21.0 Å². The molecule has 0 amide bonds. The summed E-state index contributed by atoms with van der Waals surface area (Å²) in [4.78, 5) is 12.8. The molecule has 0 unspecified atom stereocenters. The van der Waals surface area contributed by atoms with E-state index in [4.69, 9.17) is 4.74 Å². The van der Waals surface area contributed by atoms with Crippen molar-refractivity contribution in [3.05, 3.63) is 65.7 Å². The maximum Gasteiger partial charge on any atom is 0.328 e. The zero-order chi connectivity index (χ0) is 21.7. The third-order valence-corrected chi connectivity index (χ3v) is 6.05. The molecule has 0 saturated heterocycles. The molecule has 1 atom stereocenters. The number of nitrogens with one attached hydrogen (secondary N) is 1. The fourth-order valence-electron chi connectivity index (χ4n) is 2.73. The Bertz CT molecular complexity index is 898. The Labute approximate surface area is 174 Å². The first kappa shape index (κ1) is 23.1. The molecule has 0 aromatic heterocycles. The van der Waals surface area contributed by atoms with Crippen molar-refractivity contribution in [2.75, 3.05) is 6.61 Å². The Morgan fingerprint density at radius 2 is 1.59 bits per heavy atom. The van der Waals surface area contributed by atoms with Crippen molar-refractivity contribution >= 4 is 16.0 Å². The van der Waals surface area contributed by atoms with Crippen LogP contribution in [0.4, 0.5) is 0 Å². The third kappa shape index (κ3) is 6.68. The standard InChI is InChI=1S/C23H31NO4S/c1-17(2)15-16-28-22(25)21(18-9-7-6-8-10-18)24-29(26,27)20-13-11-19(12-14-20)23(3,4)5/h6-14,17,21,24H,15-16H2,1-5H3/t21-/m1/s1. The Morgan fingerprint density at radius 3 is 2.10 bits per heavy atom. The van der Waals surface area contributed by atoms with Gasteiger partial charge in [-0.15, -0.1) is 0 Å². The largest absolute Gasteiger partial charge is 0.464 e. The highest BCUT2D eigenvalue weighted by atomic mass is 32.2. The van der Waals surface area contributed by atoms with Crippen molar-refractivity contribution in [2.45, 2.75) is 57.4 Å². The number of ether oxygens (including phenoxy) is 1. The number of esters is 1. The lowest BCUT2D eigenvalue weighted by Gasteiger charge is -2.20. The maximum absolute atomic E-state index is 12.9. The fraction of sp³-hybridized carbons (Fsp3) is 0.435. The summed E-state index contributed by atoms with van der Waals surface area (Å²) in [6, 6.07) is 14.4. The molecule has 2 aromatic rings. The maximum atomic E-state index is 12.9. The molecule has 0 fully saturated rings. The van der Waals surface area contributed by atoms with Crippen LogP contribution in [0.1, 0.15) is 58.2 Å². The minimum absolute atomic E-state index is 0.0808. The Morgan fingerprint density at radius 1 is 1.00 bits per heavy atom. The molecule has 2 rings (SSSR count). The zero-order valence-electron chi connectivity index (χ0n) is 17.8. The monoisotopic (exact) mass is 417 g/mol. The van der Waals surface area contributed by atoms with Crippen molar-refractivity contribution < 1.29 is 17.9 Å². The van der Waals surface area contributed by atoms with Gasteiger partial charge in [-0.25, -0.2) is 13.2 Å². The van der Waals surface area contributed by atoms with Crippen LogP contribution in [0.2, 0.25) is 0 Å². The molecule has 0 aliphatic heterocycles. The van der Waals surface area contributed by atoms with E-state index in [0.717, 1.165) is 5.56 Å². The quantitative estimate of drug-likeness (QED) is 0.638. The first-order valence-corrected chi connectivity index (χ1v) is 11.3. The molecule has 5 nitrogen and oxygen atoms in total. The van der Waals surface area contributed by atoms with E-state index in [2.05, 4.69) is 25.5 Å². The van der Waals surface area contributed by atoms with E-state index in [-0.39, 0.29) is 16.9 Å². The number of sulfonamides is 1.